The molecule has 2 atom stereocenters. The van der Waals surface area contributed by atoms with E-state index in [-0.39, 0.29) is 11.9 Å². The molecule has 2 N–H and O–H groups in total. The van der Waals surface area contributed by atoms with Gasteiger partial charge in [-0.15, -0.1) is 5.10 Å². The lowest BCUT2D eigenvalue weighted by atomic mass is 10.0. The minimum Gasteiger partial charge on any atom is -0.382 e. The summed E-state index contributed by atoms with van der Waals surface area (Å²) in [6.45, 7) is 1.10. The molecule has 2 aromatic heterocycles. The summed E-state index contributed by atoms with van der Waals surface area (Å²) in [4.78, 5) is 13.9. The van der Waals surface area contributed by atoms with Crippen LogP contribution in [0.2, 0.25) is 0 Å². The molecular weight excluding hydrogens is 431 g/mol. The van der Waals surface area contributed by atoms with E-state index in [1.54, 1.807) is 16.8 Å². The Morgan fingerprint density at radius 2 is 1.94 bits per heavy atom. The lowest BCUT2D eigenvalue weighted by Crippen LogP contribution is -2.34. The molecule has 1 fully saturated rings. The molecule has 0 aliphatic carbocycles. The van der Waals surface area contributed by atoms with Crippen molar-refractivity contribution in [3.8, 4) is 0 Å². The second-order valence-corrected chi connectivity index (χ2v) is 9.22. The highest BCUT2D eigenvalue weighted by Crippen LogP contribution is 2.37. The second-order valence-electron chi connectivity index (χ2n) is 9.22. The van der Waals surface area contributed by atoms with Crippen molar-refractivity contribution >= 4 is 22.5 Å². The summed E-state index contributed by atoms with van der Waals surface area (Å²) in [5.74, 6) is 1.74. The Labute approximate surface area is 197 Å². The number of halogens is 1. The van der Waals surface area contributed by atoms with Crippen molar-refractivity contribution in [1.29, 1.82) is 0 Å². The van der Waals surface area contributed by atoms with Gasteiger partial charge in [0.25, 0.3) is 0 Å². The highest BCUT2D eigenvalue weighted by atomic mass is 19.1. The predicted molar refractivity (Wildman–Crippen MR) is 129 cm³/mol. The zero-order valence-electron chi connectivity index (χ0n) is 19.3. The number of nitrogens with two attached hydrogens (primary N) is 1. The van der Waals surface area contributed by atoms with E-state index in [0.717, 1.165) is 53.3 Å². The number of anilines is 1. The van der Waals surface area contributed by atoms with Gasteiger partial charge >= 0.3 is 0 Å². The molecule has 174 valence electrons. The average Bonchev–Trinajstić information content (AvgIpc) is 3.54. The summed E-state index contributed by atoms with van der Waals surface area (Å²) in [5, 5.41) is 4.80. The van der Waals surface area contributed by atoms with Crippen molar-refractivity contribution in [1.82, 2.24) is 29.2 Å². The lowest BCUT2D eigenvalue weighted by Gasteiger charge is -2.34. The number of fused-ring (bicyclic) bond motifs is 2. The Balaban J connectivity index is 1.48. The number of aromatic nitrogens is 5. The summed E-state index contributed by atoms with van der Waals surface area (Å²) in [7, 11) is 4.14. The van der Waals surface area contributed by atoms with E-state index in [1.165, 1.54) is 18.6 Å². The van der Waals surface area contributed by atoms with Crippen molar-refractivity contribution in [3.05, 3.63) is 78.0 Å². The highest BCUT2D eigenvalue weighted by Gasteiger charge is 2.34. The number of imidazole rings is 1. The number of likely N-dealkylation sites (tertiary alicyclic amines) is 1. The fourth-order valence-corrected chi connectivity index (χ4v) is 5.13. The molecule has 2 aliphatic heterocycles. The van der Waals surface area contributed by atoms with E-state index in [4.69, 9.17) is 15.8 Å². The first kappa shape index (κ1) is 20.9. The molecule has 2 aromatic carbocycles. The molecule has 8 nitrogen and oxygen atoms in total. The Morgan fingerprint density at radius 1 is 1.12 bits per heavy atom. The number of nitrogens with zero attached hydrogens (tertiary/aromatic N) is 7. The van der Waals surface area contributed by atoms with E-state index in [2.05, 4.69) is 29.1 Å². The molecule has 34 heavy (non-hydrogen) atoms. The van der Waals surface area contributed by atoms with E-state index >= 15 is 0 Å². The number of aryl methyl sites for hydroxylation is 1. The van der Waals surface area contributed by atoms with Gasteiger partial charge in [-0.05, 0) is 68.4 Å². The van der Waals surface area contributed by atoms with Crippen LogP contribution in [0.15, 0.2) is 55.0 Å². The van der Waals surface area contributed by atoms with Crippen LogP contribution in [0.3, 0.4) is 0 Å². The largest absolute Gasteiger partial charge is 0.382 e. The number of benzene rings is 2. The Kier molecular flexibility index (Phi) is 4.88. The van der Waals surface area contributed by atoms with Gasteiger partial charge in [0.2, 0.25) is 0 Å². The maximum atomic E-state index is 13.7. The lowest BCUT2D eigenvalue weighted by molar-refractivity contribution is 0.306. The quantitative estimate of drug-likeness (QED) is 0.506. The molecule has 0 saturated carbocycles. The normalized spacial score (nSPS) is 20.7. The maximum Gasteiger partial charge on any atom is 0.161 e. The molecular formula is C25H27FN8. The number of rotatable bonds is 4. The van der Waals surface area contributed by atoms with Gasteiger partial charge in [-0.1, -0.05) is 6.07 Å². The van der Waals surface area contributed by atoms with Crippen LogP contribution < -0.4 is 10.6 Å². The zero-order valence-corrected chi connectivity index (χ0v) is 19.3. The summed E-state index contributed by atoms with van der Waals surface area (Å²) in [6, 6.07) is 12.8. The second kappa shape index (κ2) is 7.95. The topological polar surface area (TPSA) is 81.0 Å². The van der Waals surface area contributed by atoms with E-state index in [1.807, 2.05) is 35.1 Å². The van der Waals surface area contributed by atoms with Crippen LogP contribution in [-0.4, -0.2) is 48.8 Å². The van der Waals surface area contributed by atoms with Crippen LogP contribution in [0, 0.1) is 5.82 Å². The third-order valence-corrected chi connectivity index (χ3v) is 6.99. The number of hydrogen-bond acceptors (Lipinski definition) is 6. The standard InChI is InChI=1S/C25H27FN8/c1-31-11-3-4-19(31)13-23-29-25-24(16-5-10-20-21(12-16)32(2)15-28-20)33(14-22(27)34(25)30-23)18-8-6-17(26)7-9-18/h5-10,12,14-15,19,24H,3-4,11,13,27H2,1-2H3/t19?,24-/m1/s1. The van der Waals surface area contributed by atoms with E-state index in [0.29, 0.717) is 11.9 Å². The van der Waals surface area contributed by atoms with Gasteiger partial charge in [0.15, 0.2) is 11.6 Å². The van der Waals surface area contributed by atoms with Crippen molar-refractivity contribution in [2.24, 2.45) is 12.8 Å². The summed E-state index contributed by atoms with van der Waals surface area (Å²) in [6.07, 6.45) is 6.80. The Morgan fingerprint density at radius 3 is 2.71 bits per heavy atom. The van der Waals surface area contributed by atoms with Crippen molar-refractivity contribution in [3.63, 3.8) is 0 Å². The zero-order chi connectivity index (χ0) is 23.4. The molecule has 4 aromatic rings. The molecule has 6 rings (SSSR count). The van der Waals surface area contributed by atoms with Gasteiger partial charge in [0.1, 0.15) is 17.7 Å². The van der Waals surface area contributed by atoms with Crippen LogP contribution in [0.4, 0.5) is 10.1 Å². The van der Waals surface area contributed by atoms with Gasteiger partial charge in [0.05, 0.1) is 17.4 Å². The van der Waals surface area contributed by atoms with Gasteiger partial charge in [0, 0.05) is 31.4 Å². The van der Waals surface area contributed by atoms with Crippen molar-refractivity contribution in [2.75, 3.05) is 18.5 Å². The summed E-state index contributed by atoms with van der Waals surface area (Å²) in [5.41, 5.74) is 10.3. The highest BCUT2D eigenvalue weighted by molar-refractivity contribution is 5.77. The van der Waals surface area contributed by atoms with Crippen LogP contribution in [0.25, 0.3) is 16.9 Å². The van der Waals surface area contributed by atoms with Crippen LogP contribution in [0.5, 0.6) is 0 Å². The molecule has 9 heteroatoms. The Hall–Kier alpha value is -3.72. The third-order valence-electron chi connectivity index (χ3n) is 6.99. The monoisotopic (exact) mass is 458 g/mol. The molecule has 2 aliphatic rings. The Bertz CT molecular complexity index is 1390. The first-order valence-corrected chi connectivity index (χ1v) is 11.6. The third kappa shape index (κ3) is 3.43. The molecule has 1 unspecified atom stereocenters. The summed E-state index contributed by atoms with van der Waals surface area (Å²) < 4.78 is 17.5. The van der Waals surface area contributed by atoms with Gasteiger partial charge in [-0.3, -0.25) is 0 Å². The first-order chi connectivity index (χ1) is 16.5. The molecule has 0 bridgehead atoms. The SMILES string of the molecule is CN1CCCC1Cc1nc2n(n1)C(N)=CN(c1ccc(F)cc1)[C@@H]2c1ccc2ncn(C)c2c1. The van der Waals surface area contributed by atoms with E-state index < -0.39 is 0 Å². The molecule has 4 heterocycles. The fourth-order valence-electron chi connectivity index (χ4n) is 5.13. The fraction of sp³-hybridized carbons (Fsp3) is 0.320. The molecule has 0 radical (unpaired) electrons. The minimum atomic E-state index is -0.281. The smallest absolute Gasteiger partial charge is 0.161 e. The van der Waals surface area contributed by atoms with Crippen molar-refractivity contribution in [2.45, 2.75) is 31.3 Å². The number of likely N-dealkylation sites (N-methyl/N-ethyl adjacent to an activating group) is 1. The van der Waals surface area contributed by atoms with Gasteiger partial charge in [-0.25, -0.2) is 14.4 Å². The van der Waals surface area contributed by atoms with Gasteiger partial charge in [-0.2, -0.15) is 4.68 Å². The number of hydrogen-bond donors (Lipinski definition) is 1. The molecule has 0 amide bonds. The molecule has 1 saturated heterocycles. The first-order valence-electron chi connectivity index (χ1n) is 11.6. The van der Waals surface area contributed by atoms with Crippen LogP contribution in [-0.2, 0) is 13.5 Å². The summed E-state index contributed by atoms with van der Waals surface area (Å²) >= 11 is 0. The van der Waals surface area contributed by atoms with E-state index in [9.17, 15) is 4.39 Å². The molecule has 0 spiro atoms. The average molecular weight is 459 g/mol. The maximum absolute atomic E-state index is 13.7. The van der Waals surface area contributed by atoms with Crippen LogP contribution >= 0.6 is 0 Å². The minimum absolute atomic E-state index is 0.278. The predicted octanol–water partition coefficient (Wildman–Crippen LogP) is 3.26. The van der Waals surface area contributed by atoms with Gasteiger partial charge < -0.3 is 20.1 Å². The van der Waals surface area contributed by atoms with Crippen molar-refractivity contribution < 1.29 is 4.39 Å². The van der Waals surface area contributed by atoms with Crippen LogP contribution in [0.1, 0.15) is 36.1 Å².